The molecule has 6 aromatic rings. The van der Waals surface area contributed by atoms with Crippen LogP contribution in [0.2, 0.25) is 0 Å². The molecule has 0 aliphatic rings. The average Bonchev–Trinajstić information content (AvgIpc) is 3.30. The smallest absolute Gasteiger partial charge is 0.276 e. The van der Waals surface area contributed by atoms with Crippen molar-refractivity contribution in [2.45, 2.75) is 6.54 Å². The molecule has 3 aromatic heterocycles. The zero-order valence-corrected chi connectivity index (χ0v) is 22.1. The fourth-order valence-electron chi connectivity index (χ4n) is 5.54. The standard InChI is InChI=1S/C31H26N2O7/c1-5-9-32-20-15-23(36)26(40-4)14-19(20)28-27(17-6-7-24(38-2)21(34)12-17)29-18-13-25(39-3)22(35)11-16(18)8-10-33(29)30(28)31(32)37/h5-8,10-15,34-36H,1,9H2,2-4H3. The third-order valence-electron chi connectivity index (χ3n) is 7.30. The Kier molecular flexibility index (Phi) is 5.72. The summed E-state index contributed by atoms with van der Waals surface area (Å²) in [6.45, 7) is 4.03. The lowest BCUT2D eigenvalue weighted by atomic mass is 9.97. The van der Waals surface area contributed by atoms with Crippen molar-refractivity contribution in [2.24, 2.45) is 0 Å². The van der Waals surface area contributed by atoms with Crippen LogP contribution in [0.25, 0.3) is 49.2 Å². The first-order chi connectivity index (χ1) is 19.3. The molecule has 6 rings (SSSR count). The SMILES string of the molecule is C=CCn1c(=O)c2c(c(-c3ccc(OC)c(O)c3)c3c4cc(OC)c(O)cc4ccn32)c2cc(OC)c(O)cc21. The molecule has 40 heavy (non-hydrogen) atoms. The predicted octanol–water partition coefficient (Wildman–Crippen LogP) is 5.56. The summed E-state index contributed by atoms with van der Waals surface area (Å²) in [5.41, 5.74) is 2.53. The quantitative estimate of drug-likeness (QED) is 0.238. The van der Waals surface area contributed by atoms with Crippen molar-refractivity contribution in [3.8, 4) is 45.6 Å². The van der Waals surface area contributed by atoms with Gasteiger partial charge in [0.1, 0.15) is 5.52 Å². The summed E-state index contributed by atoms with van der Waals surface area (Å²) in [4.78, 5) is 14.2. The Morgan fingerprint density at radius 2 is 1.45 bits per heavy atom. The van der Waals surface area contributed by atoms with Crippen LogP contribution >= 0.6 is 0 Å². The van der Waals surface area contributed by atoms with Gasteiger partial charge in [0.05, 0.1) is 32.4 Å². The summed E-state index contributed by atoms with van der Waals surface area (Å²) in [6.07, 6.45) is 3.40. The van der Waals surface area contributed by atoms with Gasteiger partial charge in [0.25, 0.3) is 5.56 Å². The highest BCUT2D eigenvalue weighted by molar-refractivity contribution is 6.22. The van der Waals surface area contributed by atoms with Gasteiger partial charge >= 0.3 is 0 Å². The van der Waals surface area contributed by atoms with Crippen molar-refractivity contribution >= 4 is 38.1 Å². The van der Waals surface area contributed by atoms with Crippen molar-refractivity contribution in [3.05, 3.63) is 77.7 Å². The molecule has 0 saturated carbocycles. The second-order valence-electron chi connectivity index (χ2n) is 9.38. The van der Waals surface area contributed by atoms with Gasteiger partial charge in [-0.2, -0.15) is 0 Å². The molecule has 3 N–H and O–H groups in total. The van der Waals surface area contributed by atoms with Gasteiger partial charge in [0.2, 0.25) is 0 Å². The third-order valence-corrected chi connectivity index (χ3v) is 7.30. The number of ether oxygens (including phenoxy) is 3. The van der Waals surface area contributed by atoms with Crippen LogP contribution in [0.1, 0.15) is 0 Å². The van der Waals surface area contributed by atoms with Crippen LogP contribution in [-0.2, 0) is 6.54 Å². The molecule has 0 radical (unpaired) electrons. The van der Waals surface area contributed by atoms with Gasteiger partial charge < -0.3 is 38.5 Å². The van der Waals surface area contributed by atoms with Crippen LogP contribution < -0.4 is 19.8 Å². The number of pyridine rings is 2. The molecule has 0 bridgehead atoms. The lowest BCUT2D eigenvalue weighted by Crippen LogP contribution is -2.21. The van der Waals surface area contributed by atoms with E-state index in [1.165, 1.54) is 27.4 Å². The number of phenolic OH excluding ortho intramolecular Hbond substituents is 3. The van der Waals surface area contributed by atoms with E-state index in [0.717, 1.165) is 5.39 Å². The lowest BCUT2D eigenvalue weighted by Gasteiger charge is -2.14. The molecule has 0 unspecified atom stereocenters. The van der Waals surface area contributed by atoms with Crippen LogP contribution in [0.3, 0.4) is 0 Å². The first-order valence-corrected chi connectivity index (χ1v) is 12.4. The zero-order chi connectivity index (χ0) is 28.3. The van der Waals surface area contributed by atoms with E-state index in [0.29, 0.717) is 49.6 Å². The van der Waals surface area contributed by atoms with Gasteiger partial charge in [-0.25, -0.2) is 0 Å². The Labute approximate surface area is 227 Å². The number of aromatic hydroxyl groups is 3. The molecule has 0 atom stereocenters. The number of methoxy groups -OCH3 is 3. The van der Waals surface area contributed by atoms with E-state index in [2.05, 4.69) is 6.58 Å². The van der Waals surface area contributed by atoms with E-state index < -0.39 is 0 Å². The highest BCUT2D eigenvalue weighted by Gasteiger charge is 2.25. The van der Waals surface area contributed by atoms with Gasteiger partial charge in [0.15, 0.2) is 34.5 Å². The van der Waals surface area contributed by atoms with Crippen LogP contribution in [-0.4, -0.2) is 45.6 Å². The molecule has 0 fully saturated rings. The van der Waals surface area contributed by atoms with Crippen molar-refractivity contribution < 1.29 is 29.5 Å². The third kappa shape index (κ3) is 3.44. The van der Waals surface area contributed by atoms with Crippen molar-refractivity contribution in [2.75, 3.05) is 21.3 Å². The van der Waals surface area contributed by atoms with E-state index in [4.69, 9.17) is 14.2 Å². The summed E-state index contributed by atoms with van der Waals surface area (Å²) in [6, 6.07) is 13.4. The monoisotopic (exact) mass is 538 g/mol. The number of aromatic nitrogens is 2. The van der Waals surface area contributed by atoms with Gasteiger partial charge in [-0.1, -0.05) is 12.1 Å². The Bertz CT molecular complexity index is 2070. The second-order valence-corrected chi connectivity index (χ2v) is 9.38. The molecule has 0 aliphatic carbocycles. The molecule has 3 heterocycles. The highest BCUT2D eigenvalue weighted by Crippen LogP contribution is 2.46. The minimum atomic E-state index is -0.295. The summed E-state index contributed by atoms with van der Waals surface area (Å²) < 4.78 is 19.5. The maximum atomic E-state index is 14.2. The number of rotatable bonds is 6. The van der Waals surface area contributed by atoms with E-state index in [1.807, 2.05) is 16.5 Å². The molecule has 0 spiro atoms. The number of hydrogen-bond donors (Lipinski definition) is 3. The number of hydrogen-bond acceptors (Lipinski definition) is 7. The number of fused-ring (bicyclic) bond motifs is 7. The van der Waals surface area contributed by atoms with E-state index in [9.17, 15) is 20.1 Å². The first kappa shape index (κ1) is 25.0. The van der Waals surface area contributed by atoms with Gasteiger partial charge in [-0.15, -0.1) is 6.58 Å². The molecule has 0 aliphatic heterocycles. The summed E-state index contributed by atoms with van der Waals surface area (Å²) in [5, 5.41) is 34.6. The number of allylic oxidation sites excluding steroid dienone is 1. The highest BCUT2D eigenvalue weighted by atomic mass is 16.5. The van der Waals surface area contributed by atoms with Crippen molar-refractivity contribution in [1.82, 2.24) is 8.97 Å². The largest absolute Gasteiger partial charge is 0.504 e. The van der Waals surface area contributed by atoms with Crippen LogP contribution in [0, 0.1) is 0 Å². The average molecular weight is 539 g/mol. The molecule has 9 nitrogen and oxygen atoms in total. The van der Waals surface area contributed by atoms with E-state index >= 15 is 0 Å². The molecule has 3 aromatic carbocycles. The molecule has 9 heteroatoms. The zero-order valence-electron chi connectivity index (χ0n) is 22.1. The van der Waals surface area contributed by atoms with Gasteiger partial charge in [-0.3, -0.25) is 4.79 Å². The Morgan fingerprint density at radius 1 is 0.800 bits per heavy atom. The fourth-order valence-corrected chi connectivity index (χ4v) is 5.54. The molecular weight excluding hydrogens is 512 g/mol. The van der Waals surface area contributed by atoms with Gasteiger partial charge in [0, 0.05) is 40.5 Å². The summed E-state index contributed by atoms with van der Waals surface area (Å²) in [7, 11) is 4.40. The minimum absolute atomic E-state index is 0.0156. The predicted molar refractivity (Wildman–Crippen MR) is 154 cm³/mol. The molecule has 0 amide bonds. The number of phenols is 3. The normalized spacial score (nSPS) is 11.5. The summed E-state index contributed by atoms with van der Waals surface area (Å²) in [5.74, 6) is 0.630. The first-order valence-electron chi connectivity index (χ1n) is 12.4. The van der Waals surface area contributed by atoms with Crippen LogP contribution in [0.5, 0.6) is 34.5 Å². The van der Waals surface area contributed by atoms with Gasteiger partial charge in [-0.05, 0) is 47.3 Å². The fraction of sp³-hybridized carbons (Fsp3) is 0.129. The molecule has 0 saturated heterocycles. The van der Waals surface area contributed by atoms with Crippen LogP contribution in [0.4, 0.5) is 0 Å². The van der Waals surface area contributed by atoms with E-state index in [1.54, 1.807) is 47.2 Å². The maximum Gasteiger partial charge on any atom is 0.276 e. The Balaban J connectivity index is 1.96. The molecular formula is C31H26N2O7. The maximum absolute atomic E-state index is 14.2. The number of nitrogens with zero attached hydrogens (tertiary/aromatic N) is 2. The van der Waals surface area contributed by atoms with Crippen LogP contribution in [0.15, 0.2) is 72.2 Å². The van der Waals surface area contributed by atoms with E-state index in [-0.39, 0.29) is 40.9 Å². The van der Waals surface area contributed by atoms with Crippen molar-refractivity contribution in [3.63, 3.8) is 0 Å². The minimum Gasteiger partial charge on any atom is -0.504 e. The number of benzene rings is 3. The Hall–Kier alpha value is -5.31. The summed E-state index contributed by atoms with van der Waals surface area (Å²) >= 11 is 0. The van der Waals surface area contributed by atoms with Crippen molar-refractivity contribution in [1.29, 1.82) is 0 Å². The molecule has 202 valence electrons. The Morgan fingerprint density at radius 3 is 2.10 bits per heavy atom. The second kappa shape index (κ2) is 9.16. The lowest BCUT2D eigenvalue weighted by molar-refractivity contribution is 0.373. The topological polar surface area (TPSA) is 115 Å².